The topological polar surface area (TPSA) is 110 Å². The molecule has 0 amide bonds. The van der Waals surface area contributed by atoms with Crippen molar-refractivity contribution in [3.63, 3.8) is 0 Å². The van der Waals surface area contributed by atoms with E-state index in [2.05, 4.69) is 10.6 Å². The molecule has 37 heavy (non-hydrogen) atoms. The van der Waals surface area contributed by atoms with Crippen molar-refractivity contribution < 1.29 is 24.2 Å². The maximum atomic E-state index is 13.9. The van der Waals surface area contributed by atoms with E-state index in [9.17, 15) is 14.7 Å². The number of hydrogen-bond acceptors (Lipinski definition) is 9. The second-order valence-electron chi connectivity index (χ2n) is 8.74. The van der Waals surface area contributed by atoms with Crippen molar-refractivity contribution >= 4 is 28.4 Å². The Morgan fingerprint density at radius 2 is 1.76 bits per heavy atom. The Kier molecular flexibility index (Phi) is 7.83. The van der Waals surface area contributed by atoms with Gasteiger partial charge in [-0.05, 0) is 45.4 Å². The number of anilines is 1. The number of aromatic hydroxyl groups is 1. The minimum atomic E-state index is -1.44. The highest BCUT2D eigenvalue weighted by Gasteiger charge is 2.58. The van der Waals surface area contributed by atoms with Crippen LogP contribution in [0.4, 0.5) is 5.13 Å². The number of carbonyl (C=O) groups is 2. The van der Waals surface area contributed by atoms with Crippen LogP contribution in [-0.4, -0.2) is 46.8 Å². The van der Waals surface area contributed by atoms with Gasteiger partial charge in [-0.2, -0.15) is 0 Å². The number of para-hydroxylation sites is 1. The van der Waals surface area contributed by atoms with Crippen LogP contribution in [0.1, 0.15) is 39.2 Å². The molecule has 1 aromatic heterocycles. The van der Waals surface area contributed by atoms with Crippen LogP contribution in [0, 0.1) is 0 Å². The van der Waals surface area contributed by atoms with Crippen molar-refractivity contribution in [2.24, 2.45) is 0 Å². The molecule has 3 N–H and O–H groups in total. The Hall–Kier alpha value is -3.85. The van der Waals surface area contributed by atoms with E-state index >= 15 is 0 Å². The normalized spacial score (nSPS) is 21.2. The van der Waals surface area contributed by atoms with Crippen LogP contribution in [0.2, 0.25) is 0 Å². The number of phenolic OH excluding ortho intramolecular Hbond substituents is 1. The summed E-state index contributed by atoms with van der Waals surface area (Å²) in [7, 11) is 0. The van der Waals surface area contributed by atoms with Gasteiger partial charge in [0, 0.05) is 16.6 Å². The van der Waals surface area contributed by atoms with Crippen molar-refractivity contribution in [2.45, 2.75) is 45.2 Å². The van der Waals surface area contributed by atoms with E-state index in [4.69, 9.17) is 14.5 Å². The van der Waals surface area contributed by atoms with E-state index in [1.807, 2.05) is 55.6 Å². The smallest absolute Gasteiger partial charge is 0.336 e. The third-order valence-electron chi connectivity index (χ3n) is 6.50. The first-order valence-corrected chi connectivity index (χ1v) is 13.1. The van der Waals surface area contributed by atoms with Crippen molar-refractivity contribution in [2.75, 3.05) is 18.5 Å². The van der Waals surface area contributed by atoms with Crippen LogP contribution in [0.25, 0.3) is 11.3 Å². The molecule has 194 valence electrons. The average molecular weight is 522 g/mol. The van der Waals surface area contributed by atoms with Crippen molar-refractivity contribution in [3.8, 4) is 17.0 Å². The number of hydrogen-bond donors (Lipinski definition) is 3. The fourth-order valence-corrected chi connectivity index (χ4v) is 5.65. The fraction of sp³-hybridized carbons (Fsp3) is 0.321. The molecule has 0 saturated heterocycles. The van der Waals surface area contributed by atoms with Gasteiger partial charge < -0.3 is 25.2 Å². The molecule has 3 atom stereocenters. The Balaban J connectivity index is 1.90. The molecule has 0 bridgehead atoms. The van der Waals surface area contributed by atoms with Crippen LogP contribution in [0.5, 0.6) is 5.75 Å². The first-order chi connectivity index (χ1) is 17.8. The molecule has 3 aromatic rings. The molecular weight excluding hydrogens is 490 g/mol. The lowest BCUT2D eigenvalue weighted by atomic mass is 9.68. The molecule has 1 aliphatic heterocycles. The molecule has 0 spiro atoms. The molecule has 4 rings (SSSR count). The zero-order valence-corrected chi connectivity index (χ0v) is 22.1. The predicted octanol–water partition coefficient (Wildman–Crippen LogP) is 4.84. The predicted molar refractivity (Wildman–Crippen MR) is 143 cm³/mol. The van der Waals surface area contributed by atoms with Crippen molar-refractivity contribution in [3.05, 3.63) is 76.8 Å². The van der Waals surface area contributed by atoms with E-state index in [0.717, 1.165) is 5.56 Å². The highest BCUT2D eigenvalue weighted by Crippen LogP contribution is 2.46. The Bertz CT molecular complexity index is 1310. The van der Waals surface area contributed by atoms with Gasteiger partial charge in [-0.3, -0.25) is 0 Å². The molecule has 2 aromatic carbocycles. The zero-order chi connectivity index (χ0) is 26.6. The molecule has 0 aliphatic carbocycles. The Labute approximate surface area is 220 Å². The van der Waals surface area contributed by atoms with Crippen molar-refractivity contribution in [1.29, 1.82) is 0 Å². The van der Waals surface area contributed by atoms with Gasteiger partial charge in [0.15, 0.2) is 10.7 Å². The summed E-state index contributed by atoms with van der Waals surface area (Å²) in [5.41, 5.74) is 1.45. The van der Waals surface area contributed by atoms with Gasteiger partial charge in [0.25, 0.3) is 0 Å². The molecule has 1 aliphatic rings. The molecule has 3 unspecified atom stereocenters. The minimum Gasteiger partial charge on any atom is -0.507 e. The highest BCUT2D eigenvalue weighted by molar-refractivity contribution is 7.14. The molecule has 0 fully saturated rings. The Morgan fingerprint density at radius 1 is 1.08 bits per heavy atom. The number of carbonyl (C=O) groups excluding carboxylic acids is 2. The number of thiazole rings is 1. The van der Waals surface area contributed by atoms with Crippen LogP contribution >= 0.6 is 11.3 Å². The molecule has 8 nitrogen and oxygen atoms in total. The molecule has 2 heterocycles. The summed E-state index contributed by atoms with van der Waals surface area (Å²) in [6.07, 6.45) is 0. The number of aromatic nitrogens is 1. The second-order valence-corrected chi connectivity index (χ2v) is 9.60. The monoisotopic (exact) mass is 521 g/mol. The lowest BCUT2D eigenvalue weighted by molar-refractivity contribution is -0.151. The quantitative estimate of drug-likeness (QED) is 0.361. The molecular formula is C28H31N3O5S. The van der Waals surface area contributed by atoms with Gasteiger partial charge in [0.1, 0.15) is 5.75 Å². The van der Waals surface area contributed by atoms with Gasteiger partial charge in [0.05, 0.1) is 36.4 Å². The first-order valence-electron chi connectivity index (χ1n) is 12.2. The maximum absolute atomic E-state index is 13.9. The number of nitrogens with one attached hydrogen (secondary N) is 2. The summed E-state index contributed by atoms with van der Waals surface area (Å²) in [5.74, 6) is -1.65. The number of nitrogens with zero attached hydrogens (tertiary/aromatic N) is 1. The van der Waals surface area contributed by atoms with Crippen LogP contribution in [-0.2, 0) is 19.1 Å². The number of rotatable bonds is 8. The lowest BCUT2D eigenvalue weighted by Crippen LogP contribution is -2.66. The van der Waals surface area contributed by atoms with Crippen molar-refractivity contribution in [1.82, 2.24) is 10.3 Å². The van der Waals surface area contributed by atoms with E-state index in [1.54, 1.807) is 32.0 Å². The van der Waals surface area contributed by atoms with Crippen LogP contribution in [0.3, 0.4) is 0 Å². The van der Waals surface area contributed by atoms with Gasteiger partial charge in [-0.1, -0.05) is 42.5 Å². The molecule has 0 saturated carbocycles. The summed E-state index contributed by atoms with van der Waals surface area (Å²) in [6, 6.07) is 15.8. The SMILES string of the molecule is CCOC(=O)C1=C(C)NC(C)C(Nc2nc(-c3ccccc3O)cs2)(C(=O)OCC)C1c1ccccc1. The van der Waals surface area contributed by atoms with Crippen LogP contribution < -0.4 is 10.6 Å². The van der Waals surface area contributed by atoms with E-state index in [0.29, 0.717) is 27.7 Å². The minimum absolute atomic E-state index is 0.109. The van der Waals surface area contributed by atoms with E-state index in [1.165, 1.54) is 11.3 Å². The third kappa shape index (κ3) is 4.91. The van der Waals surface area contributed by atoms with Crippen LogP contribution in [0.15, 0.2) is 71.2 Å². The number of phenols is 1. The molecule has 0 radical (unpaired) electrons. The van der Waals surface area contributed by atoms with E-state index in [-0.39, 0.29) is 19.0 Å². The largest absolute Gasteiger partial charge is 0.507 e. The summed E-state index contributed by atoms with van der Waals surface area (Å²) in [4.78, 5) is 31.9. The summed E-state index contributed by atoms with van der Waals surface area (Å²) in [6.45, 7) is 7.54. The molecule has 9 heteroatoms. The van der Waals surface area contributed by atoms with Gasteiger partial charge in [-0.25, -0.2) is 14.6 Å². The average Bonchev–Trinajstić information content (AvgIpc) is 3.34. The van der Waals surface area contributed by atoms with Gasteiger partial charge in [-0.15, -0.1) is 11.3 Å². The van der Waals surface area contributed by atoms with Gasteiger partial charge >= 0.3 is 11.9 Å². The standard InChI is InChI=1S/C28H31N3O5S/c1-5-35-25(33)23-17(3)29-18(4)28(26(34)36-6-2,24(23)19-12-8-7-9-13-19)31-27-30-21(16-37-27)20-14-10-11-15-22(20)32/h7-16,18,24,29,32H,5-6H2,1-4H3,(H,30,31). The number of ether oxygens (including phenoxy) is 2. The number of allylic oxidation sites excluding steroid dienone is 1. The highest BCUT2D eigenvalue weighted by atomic mass is 32.1. The van der Waals surface area contributed by atoms with Gasteiger partial charge in [0.2, 0.25) is 0 Å². The van der Waals surface area contributed by atoms with E-state index < -0.39 is 29.4 Å². The number of esters is 2. The maximum Gasteiger partial charge on any atom is 0.336 e. The summed E-state index contributed by atoms with van der Waals surface area (Å²) in [5, 5.41) is 19.3. The second kappa shape index (κ2) is 11.0. The lowest BCUT2D eigenvalue weighted by Gasteiger charge is -2.48. The number of benzene rings is 2. The fourth-order valence-electron chi connectivity index (χ4n) is 4.86. The summed E-state index contributed by atoms with van der Waals surface area (Å²) < 4.78 is 11.1. The summed E-state index contributed by atoms with van der Waals surface area (Å²) >= 11 is 1.30. The third-order valence-corrected chi connectivity index (χ3v) is 7.26. The first kappa shape index (κ1) is 26.2. The Morgan fingerprint density at radius 3 is 2.43 bits per heavy atom. The zero-order valence-electron chi connectivity index (χ0n) is 21.3.